The molecule has 2 nitrogen and oxygen atoms in total. The maximum Gasteiger partial charge on any atom is 0.0579 e. The van der Waals surface area contributed by atoms with Gasteiger partial charge in [0.15, 0.2) is 0 Å². The molecule has 8 aromatic carbocycles. The summed E-state index contributed by atoms with van der Waals surface area (Å²) in [7, 11) is -3.97. The summed E-state index contributed by atoms with van der Waals surface area (Å²) in [5.41, 5.74) is 18.2. The number of hydrogen-bond donors (Lipinski definition) is 0. The van der Waals surface area contributed by atoms with Gasteiger partial charge in [0.25, 0.3) is 0 Å². The zero-order valence-electron chi connectivity index (χ0n) is 36.4. The predicted octanol–water partition coefficient (Wildman–Crippen LogP) is 16.2. The Labute approximate surface area is 353 Å². The normalized spacial score (nSPS) is 13.4. The number of hydrogen-bond acceptors (Lipinski definition) is 2. The lowest BCUT2D eigenvalue weighted by Crippen LogP contribution is -2.63. The molecule has 0 saturated heterocycles. The van der Waals surface area contributed by atoms with E-state index in [0.29, 0.717) is 0 Å². The van der Waals surface area contributed by atoms with Crippen LogP contribution in [0.25, 0.3) is 32.7 Å². The van der Waals surface area contributed by atoms with Crippen molar-refractivity contribution in [2.24, 2.45) is 0 Å². The van der Waals surface area contributed by atoms with Crippen molar-refractivity contribution in [3.05, 3.63) is 191 Å². The van der Waals surface area contributed by atoms with E-state index in [1.54, 1.807) is 11.1 Å². The number of para-hydroxylation sites is 2. The first kappa shape index (κ1) is 38.8. The summed E-state index contributed by atoms with van der Waals surface area (Å²) < 4.78 is -0.0186. The van der Waals surface area contributed by atoms with Gasteiger partial charge in [-0.1, -0.05) is 141 Å². The molecule has 0 amide bonds. The van der Waals surface area contributed by atoms with Crippen LogP contribution in [0.2, 0.25) is 39.3 Å². The molecule has 0 aromatic heterocycles. The maximum atomic E-state index is 2.63. The summed E-state index contributed by atoms with van der Waals surface area (Å²) in [5, 5.41) is 5.30. The van der Waals surface area contributed by atoms with Crippen molar-refractivity contribution in [3.63, 3.8) is 0 Å². The lowest BCUT2D eigenvalue weighted by molar-refractivity contribution is 0.964. The van der Waals surface area contributed by atoms with Gasteiger partial charge >= 0.3 is 0 Å². The fourth-order valence-electron chi connectivity index (χ4n) is 11.0. The second kappa shape index (κ2) is 14.3. The minimum Gasteiger partial charge on any atom is -0.310 e. The van der Waals surface area contributed by atoms with E-state index in [9.17, 15) is 0 Å². The van der Waals surface area contributed by atoms with Gasteiger partial charge < -0.3 is 9.80 Å². The molecule has 0 bridgehead atoms. The molecular weight excluding hydrogens is 745 g/mol. The van der Waals surface area contributed by atoms with Crippen LogP contribution in [0.4, 0.5) is 34.1 Å². The number of nitrogens with zero attached hydrogens (tertiary/aromatic N) is 2. The van der Waals surface area contributed by atoms with Crippen LogP contribution in [-0.4, -0.2) is 16.1 Å². The Morgan fingerprint density at radius 2 is 0.881 bits per heavy atom. The Balaban J connectivity index is 1.26. The third-order valence-corrected chi connectivity index (χ3v) is 23.1. The van der Waals surface area contributed by atoms with Crippen molar-refractivity contribution in [3.8, 4) is 11.1 Å². The Bertz CT molecular complexity index is 2890. The molecule has 8 aromatic rings. The Morgan fingerprint density at radius 1 is 0.390 bits per heavy atom. The van der Waals surface area contributed by atoms with Crippen LogP contribution >= 0.6 is 0 Å². The minimum atomic E-state index is -1.98. The summed E-state index contributed by atoms with van der Waals surface area (Å²) in [5.74, 6) is 0. The molecule has 0 unspecified atom stereocenters. The molecule has 0 saturated carbocycles. The third-order valence-electron chi connectivity index (χ3n) is 13.0. The molecule has 1 aliphatic rings. The summed E-state index contributed by atoms with van der Waals surface area (Å²) in [6.07, 6.45) is 0. The molecule has 0 N–H and O–H groups in total. The van der Waals surface area contributed by atoms with Gasteiger partial charge in [-0.05, 0) is 149 Å². The van der Waals surface area contributed by atoms with E-state index in [0.717, 1.165) is 0 Å². The average molecular weight is 801 g/mol. The first-order valence-corrected chi connectivity index (χ1v) is 28.2. The van der Waals surface area contributed by atoms with Crippen LogP contribution in [0.3, 0.4) is 0 Å². The Kier molecular flexibility index (Phi) is 9.37. The molecular formula is C55H56N2Si2. The number of benzene rings is 8. The van der Waals surface area contributed by atoms with E-state index >= 15 is 0 Å². The highest BCUT2D eigenvalue weighted by molar-refractivity contribution is 7.00. The first-order chi connectivity index (χ1) is 28.2. The van der Waals surface area contributed by atoms with Crippen molar-refractivity contribution < 1.29 is 0 Å². The molecule has 1 aliphatic carbocycles. The van der Waals surface area contributed by atoms with Gasteiger partial charge in [-0.25, -0.2) is 0 Å². The lowest BCUT2D eigenvalue weighted by atomic mass is 9.97. The summed E-state index contributed by atoms with van der Waals surface area (Å²) in [6.45, 7) is 24.6. The molecule has 0 atom stereocenters. The number of aryl methyl sites for hydroxylation is 4. The highest BCUT2D eigenvalue weighted by Crippen LogP contribution is 2.60. The van der Waals surface area contributed by atoms with Gasteiger partial charge in [-0.2, -0.15) is 0 Å². The molecule has 0 aliphatic heterocycles. The van der Waals surface area contributed by atoms with E-state index in [-0.39, 0.29) is 4.66 Å². The van der Waals surface area contributed by atoms with Gasteiger partial charge in [0.1, 0.15) is 0 Å². The smallest absolute Gasteiger partial charge is 0.0579 e. The first-order valence-electron chi connectivity index (χ1n) is 21.2. The van der Waals surface area contributed by atoms with Crippen molar-refractivity contribution >= 4 is 71.8 Å². The van der Waals surface area contributed by atoms with Crippen LogP contribution in [0.1, 0.15) is 33.4 Å². The van der Waals surface area contributed by atoms with Crippen LogP contribution in [0, 0.1) is 27.7 Å². The molecule has 59 heavy (non-hydrogen) atoms. The third kappa shape index (κ3) is 6.27. The quantitative estimate of drug-likeness (QED) is 0.141. The molecule has 294 valence electrons. The van der Waals surface area contributed by atoms with Gasteiger partial charge in [0.2, 0.25) is 0 Å². The SMILES string of the molecule is Cc1ccc(N(c2ccccc2)c2ccc3cc4c(cc3c2)C([Si](C)(C)C)([Si](C)(C)C)c2c-4ccc3cc(N(c4ccccc4)c4ccc(C)cc4C)ccc23)c(C)c1. The van der Waals surface area contributed by atoms with Crippen molar-refractivity contribution in [1.29, 1.82) is 0 Å². The number of fused-ring (bicyclic) bond motifs is 6. The van der Waals surface area contributed by atoms with Crippen LogP contribution in [0.5, 0.6) is 0 Å². The zero-order chi connectivity index (χ0) is 41.4. The topological polar surface area (TPSA) is 6.48 Å². The van der Waals surface area contributed by atoms with Crippen LogP contribution in [0.15, 0.2) is 158 Å². The number of rotatable bonds is 8. The van der Waals surface area contributed by atoms with Crippen molar-refractivity contribution in [1.82, 2.24) is 0 Å². The second-order valence-corrected chi connectivity index (χ2v) is 30.0. The second-order valence-electron chi connectivity index (χ2n) is 19.0. The predicted molar refractivity (Wildman–Crippen MR) is 263 cm³/mol. The van der Waals surface area contributed by atoms with E-state index in [2.05, 4.69) is 235 Å². The van der Waals surface area contributed by atoms with E-state index in [1.807, 2.05) is 0 Å². The molecule has 4 heteroatoms. The van der Waals surface area contributed by atoms with Crippen molar-refractivity contribution in [2.75, 3.05) is 9.80 Å². The summed E-state index contributed by atoms with van der Waals surface area (Å²) >= 11 is 0. The monoisotopic (exact) mass is 800 g/mol. The van der Waals surface area contributed by atoms with Gasteiger partial charge in [-0.3, -0.25) is 0 Å². The fraction of sp³-hybridized carbons (Fsp3) is 0.200. The van der Waals surface area contributed by atoms with Gasteiger partial charge in [-0.15, -0.1) is 0 Å². The Hall–Kier alpha value is -5.69. The standard InChI is InChI=1S/C55H56N2Si2/c1-37-21-29-52(39(3)31-37)56(44-17-13-11-14-18-44)46-25-23-41-35-50-49-27-24-42-33-47(57(45-19-15-12-16-20-45)53-30-22-38(2)32-40(53)4)26-28-48(42)54(49)55(58(5,6)7,59(8,9)10)51(50)36-43(41)34-46/h11-36H,1-10H3. The average Bonchev–Trinajstić information content (AvgIpc) is 3.51. The van der Waals surface area contributed by atoms with E-state index in [1.165, 1.54) is 89.0 Å². The van der Waals surface area contributed by atoms with Gasteiger partial charge in [0, 0.05) is 38.8 Å². The van der Waals surface area contributed by atoms with E-state index in [4.69, 9.17) is 0 Å². The number of anilines is 6. The lowest BCUT2D eigenvalue weighted by Gasteiger charge is -2.51. The fourth-order valence-corrected chi connectivity index (χ4v) is 24.0. The summed E-state index contributed by atoms with van der Waals surface area (Å²) in [4.78, 5) is 4.87. The van der Waals surface area contributed by atoms with Gasteiger partial charge in [0.05, 0.1) is 16.1 Å². The molecule has 0 spiro atoms. The molecule has 9 rings (SSSR count). The largest absolute Gasteiger partial charge is 0.310 e. The molecule has 0 fully saturated rings. The molecule has 0 heterocycles. The van der Waals surface area contributed by atoms with E-state index < -0.39 is 16.1 Å². The van der Waals surface area contributed by atoms with Crippen molar-refractivity contribution in [2.45, 2.75) is 71.6 Å². The minimum absolute atomic E-state index is 0.0186. The zero-order valence-corrected chi connectivity index (χ0v) is 38.4. The summed E-state index contributed by atoms with van der Waals surface area (Å²) in [6, 6.07) is 59.7. The maximum absolute atomic E-state index is 2.63. The van der Waals surface area contributed by atoms with Crippen LogP contribution in [-0.2, 0) is 4.66 Å². The highest BCUT2D eigenvalue weighted by Gasteiger charge is 2.59. The molecule has 0 radical (unpaired) electrons. The Morgan fingerprint density at radius 3 is 1.39 bits per heavy atom. The highest BCUT2D eigenvalue weighted by atomic mass is 28.4. The van der Waals surface area contributed by atoms with Crippen LogP contribution < -0.4 is 9.80 Å².